The van der Waals surface area contributed by atoms with Crippen molar-refractivity contribution < 1.29 is 4.79 Å². The molecule has 0 saturated heterocycles. The average Bonchev–Trinajstić information content (AvgIpc) is 3.06. The average molecular weight is 328 g/mol. The Morgan fingerprint density at radius 3 is 3.04 bits per heavy atom. The van der Waals surface area contributed by atoms with Crippen LogP contribution in [0.5, 0.6) is 0 Å². The number of nitrogens with zero attached hydrogens (tertiary/aromatic N) is 3. The Bertz CT molecular complexity index is 796. The van der Waals surface area contributed by atoms with E-state index in [9.17, 15) is 10.1 Å². The van der Waals surface area contributed by atoms with E-state index in [-0.39, 0.29) is 5.91 Å². The number of fused-ring (bicyclic) bond motifs is 1. The maximum Gasteiger partial charge on any atom is 0.276 e. The zero-order chi connectivity index (χ0) is 16.6. The fraction of sp³-hybridized carbons (Fsp3) is 0.471. The number of amides is 1. The summed E-state index contributed by atoms with van der Waals surface area (Å²) in [6.07, 6.45) is 3.02. The van der Waals surface area contributed by atoms with Crippen LogP contribution in [0.2, 0.25) is 0 Å². The summed E-state index contributed by atoms with van der Waals surface area (Å²) in [5.74, 6) is 0.391. The molecule has 0 radical (unpaired) electrons. The number of aromatic nitrogens is 2. The van der Waals surface area contributed by atoms with E-state index in [2.05, 4.69) is 23.4 Å². The minimum absolute atomic E-state index is 0.247. The summed E-state index contributed by atoms with van der Waals surface area (Å²) < 4.78 is 1.79. The number of carbonyl (C=O) groups is 1. The molecule has 0 fully saturated rings. The third-order valence-corrected chi connectivity index (χ3v) is 5.53. The van der Waals surface area contributed by atoms with E-state index in [1.807, 2.05) is 13.8 Å². The topological polar surface area (TPSA) is 70.7 Å². The summed E-state index contributed by atoms with van der Waals surface area (Å²) in [6, 6.07) is 4.05. The first-order chi connectivity index (χ1) is 11.0. The lowest BCUT2D eigenvalue weighted by Crippen LogP contribution is -2.13. The molecule has 0 saturated carbocycles. The first-order valence-electron chi connectivity index (χ1n) is 7.93. The molecule has 2 aromatic rings. The van der Waals surface area contributed by atoms with Gasteiger partial charge >= 0.3 is 0 Å². The van der Waals surface area contributed by atoms with Crippen molar-refractivity contribution in [2.45, 2.75) is 46.6 Å². The Labute approximate surface area is 139 Å². The number of rotatable bonds is 3. The van der Waals surface area contributed by atoms with Crippen LogP contribution in [0, 0.1) is 24.2 Å². The highest BCUT2D eigenvalue weighted by Gasteiger charge is 2.25. The Balaban J connectivity index is 1.88. The normalized spacial score (nSPS) is 16.7. The van der Waals surface area contributed by atoms with Crippen molar-refractivity contribution in [3.8, 4) is 6.07 Å². The van der Waals surface area contributed by atoms with Crippen LogP contribution in [0.15, 0.2) is 6.07 Å². The van der Waals surface area contributed by atoms with Crippen LogP contribution in [0.1, 0.15) is 52.5 Å². The van der Waals surface area contributed by atoms with Gasteiger partial charge in [-0.15, -0.1) is 11.3 Å². The molecule has 1 atom stereocenters. The quantitative estimate of drug-likeness (QED) is 0.937. The smallest absolute Gasteiger partial charge is 0.276 e. The van der Waals surface area contributed by atoms with E-state index in [4.69, 9.17) is 0 Å². The lowest BCUT2D eigenvalue weighted by molar-refractivity contribution is 0.102. The molecule has 0 aromatic carbocycles. The summed E-state index contributed by atoms with van der Waals surface area (Å²) in [6.45, 7) is 6.88. The molecule has 1 N–H and O–H groups in total. The van der Waals surface area contributed by atoms with E-state index in [0.29, 0.717) is 22.2 Å². The van der Waals surface area contributed by atoms with Gasteiger partial charge in [-0.1, -0.05) is 6.92 Å². The second-order valence-electron chi connectivity index (χ2n) is 6.11. The molecule has 23 heavy (non-hydrogen) atoms. The van der Waals surface area contributed by atoms with Crippen LogP contribution in [-0.4, -0.2) is 15.7 Å². The van der Waals surface area contributed by atoms with Crippen LogP contribution in [0.25, 0.3) is 0 Å². The molecule has 2 heterocycles. The standard InChI is InChI=1S/C17H20N4OS/c1-4-21-11(3)8-14(20-21)16(22)19-17-13(9-18)12-6-5-10(2)7-15(12)23-17/h8,10H,4-7H2,1-3H3,(H,19,22). The van der Waals surface area contributed by atoms with Gasteiger partial charge in [-0.3, -0.25) is 9.48 Å². The minimum Gasteiger partial charge on any atom is -0.311 e. The second kappa shape index (κ2) is 6.17. The molecular weight excluding hydrogens is 308 g/mol. The lowest BCUT2D eigenvalue weighted by Gasteiger charge is -2.17. The molecule has 5 nitrogen and oxygen atoms in total. The van der Waals surface area contributed by atoms with Crippen LogP contribution >= 0.6 is 11.3 Å². The summed E-state index contributed by atoms with van der Waals surface area (Å²) in [4.78, 5) is 13.7. The molecule has 0 aliphatic heterocycles. The van der Waals surface area contributed by atoms with Gasteiger partial charge in [-0.25, -0.2) is 0 Å². The fourth-order valence-electron chi connectivity index (χ4n) is 3.07. The summed E-state index contributed by atoms with van der Waals surface area (Å²) in [7, 11) is 0. The molecule has 1 unspecified atom stereocenters. The monoisotopic (exact) mass is 328 g/mol. The van der Waals surface area contributed by atoms with Crippen molar-refractivity contribution in [2.24, 2.45) is 5.92 Å². The number of aryl methyl sites for hydroxylation is 2. The predicted octanol–water partition coefficient (Wildman–Crippen LogP) is 3.52. The highest BCUT2D eigenvalue weighted by molar-refractivity contribution is 7.16. The molecule has 0 spiro atoms. The summed E-state index contributed by atoms with van der Waals surface area (Å²) in [5, 5.41) is 17.3. The van der Waals surface area contributed by atoms with Crippen LogP contribution in [0.3, 0.4) is 0 Å². The van der Waals surface area contributed by atoms with Gasteiger partial charge in [0, 0.05) is 17.1 Å². The largest absolute Gasteiger partial charge is 0.311 e. The first-order valence-corrected chi connectivity index (χ1v) is 8.75. The Kier molecular flexibility index (Phi) is 4.22. The number of anilines is 1. The van der Waals surface area contributed by atoms with Crippen molar-refractivity contribution in [1.29, 1.82) is 5.26 Å². The number of nitrogens with one attached hydrogen (secondary N) is 1. The fourth-order valence-corrected chi connectivity index (χ4v) is 4.42. The maximum atomic E-state index is 12.5. The van der Waals surface area contributed by atoms with Gasteiger partial charge in [-0.05, 0) is 50.7 Å². The Hall–Kier alpha value is -2.13. The zero-order valence-electron chi connectivity index (χ0n) is 13.6. The van der Waals surface area contributed by atoms with Crippen molar-refractivity contribution in [2.75, 3.05) is 5.32 Å². The van der Waals surface area contributed by atoms with Gasteiger partial charge < -0.3 is 5.32 Å². The van der Waals surface area contributed by atoms with Gasteiger partial charge in [0.25, 0.3) is 5.91 Å². The molecule has 1 amide bonds. The number of hydrogen-bond donors (Lipinski definition) is 1. The Morgan fingerprint density at radius 2 is 2.39 bits per heavy atom. The van der Waals surface area contributed by atoms with E-state index in [1.54, 1.807) is 22.1 Å². The highest BCUT2D eigenvalue weighted by atomic mass is 32.1. The van der Waals surface area contributed by atoms with Gasteiger partial charge in [0.05, 0.1) is 5.56 Å². The number of thiophene rings is 1. The van der Waals surface area contributed by atoms with Gasteiger partial charge in [0.15, 0.2) is 5.69 Å². The predicted molar refractivity (Wildman–Crippen MR) is 90.8 cm³/mol. The molecule has 1 aliphatic carbocycles. The molecule has 3 rings (SSSR count). The summed E-state index contributed by atoms with van der Waals surface area (Å²) in [5.41, 5.74) is 3.11. The first kappa shape index (κ1) is 15.8. The maximum absolute atomic E-state index is 12.5. The summed E-state index contributed by atoms with van der Waals surface area (Å²) >= 11 is 1.54. The van der Waals surface area contributed by atoms with Gasteiger partial charge in [0.2, 0.25) is 0 Å². The van der Waals surface area contributed by atoms with Crippen molar-refractivity contribution in [3.05, 3.63) is 33.5 Å². The number of nitriles is 1. The Morgan fingerprint density at radius 1 is 1.61 bits per heavy atom. The highest BCUT2D eigenvalue weighted by Crippen LogP contribution is 2.39. The lowest BCUT2D eigenvalue weighted by atomic mass is 9.89. The van der Waals surface area contributed by atoms with E-state index in [1.165, 1.54) is 4.88 Å². The van der Waals surface area contributed by atoms with Crippen molar-refractivity contribution >= 4 is 22.2 Å². The van der Waals surface area contributed by atoms with Gasteiger partial charge in [-0.2, -0.15) is 10.4 Å². The zero-order valence-corrected chi connectivity index (χ0v) is 14.5. The molecule has 2 aromatic heterocycles. The van der Waals surface area contributed by atoms with E-state index >= 15 is 0 Å². The van der Waals surface area contributed by atoms with Crippen molar-refractivity contribution in [3.63, 3.8) is 0 Å². The molecular formula is C17H20N4OS. The minimum atomic E-state index is -0.247. The van der Waals surface area contributed by atoms with E-state index < -0.39 is 0 Å². The van der Waals surface area contributed by atoms with Crippen LogP contribution in [-0.2, 0) is 19.4 Å². The SMILES string of the molecule is CCn1nc(C(=O)Nc2sc3c(c2C#N)CCC(C)C3)cc1C. The molecule has 0 bridgehead atoms. The number of hydrogen-bond acceptors (Lipinski definition) is 4. The van der Waals surface area contributed by atoms with Gasteiger partial charge in [0.1, 0.15) is 11.1 Å². The molecule has 1 aliphatic rings. The third-order valence-electron chi connectivity index (χ3n) is 4.36. The second-order valence-corrected chi connectivity index (χ2v) is 7.21. The third kappa shape index (κ3) is 2.89. The molecule has 120 valence electrons. The van der Waals surface area contributed by atoms with Crippen LogP contribution < -0.4 is 5.32 Å². The van der Waals surface area contributed by atoms with E-state index in [0.717, 1.165) is 37.1 Å². The van der Waals surface area contributed by atoms with Crippen LogP contribution in [0.4, 0.5) is 5.00 Å². The van der Waals surface area contributed by atoms with Crippen molar-refractivity contribution in [1.82, 2.24) is 9.78 Å². The molecule has 6 heteroatoms. The number of carbonyl (C=O) groups excluding carboxylic acids is 1.